The normalized spacial score (nSPS) is 10.6. The Bertz CT molecular complexity index is 813. The maximum atomic E-state index is 12.2. The maximum Gasteiger partial charge on any atom is 0.255 e. The van der Waals surface area contributed by atoms with Gasteiger partial charge in [-0.3, -0.25) is 4.79 Å². The van der Waals surface area contributed by atoms with E-state index in [9.17, 15) is 4.79 Å². The van der Waals surface area contributed by atoms with E-state index in [1.54, 1.807) is 30.6 Å². The van der Waals surface area contributed by atoms with E-state index in [-0.39, 0.29) is 5.91 Å². The Morgan fingerprint density at radius 2 is 1.88 bits per heavy atom. The summed E-state index contributed by atoms with van der Waals surface area (Å²) in [5.41, 5.74) is 3.44. The molecule has 128 valence electrons. The van der Waals surface area contributed by atoms with E-state index in [1.807, 2.05) is 42.5 Å². The largest absolute Gasteiger partial charge is 0.385 e. The molecule has 0 atom stereocenters. The van der Waals surface area contributed by atoms with Crippen molar-refractivity contribution in [2.45, 2.75) is 12.8 Å². The topological polar surface area (TPSA) is 51.2 Å². The van der Waals surface area contributed by atoms with Crippen LogP contribution in [0.4, 0.5) is 5.69 Å². The third kappa shape index (κ3) is 4.75. The number of amides is 1. The van der Waals surface area contributed by atoms with Crippen LogP contribution in [0.3, 0.4) is 0 Å². The number of nitrogens with one attached hydrogen (secondary N) is 1. The number of rotatable bonds is 7. The van der Waals surface area contributed by atoms with Crippen molar-refractivity contribution in [2.75, 3.05) is 19.0 Å². The number of hydrogen-bond donors (Lipinski definition) is 1. The van der Waals surface area contributed by atoms with Crippen LogP contribution in [0.25, 0.3) is 11.3 Å². The summed E-state index contributed by atoms with van der Waals surface area (Å²) in [5.74, 6) is -0.109. The summed E-state index contributed by atoms with van der Waals surface area (Å²) in [6, 6.07) is 17.0. The molecule has 25 heavy (non-hydrogen) atoms. The number of anilines is 1. The van der Waals surface area contributed by atoms with Gasteiger partial charge in [0, 0.05) is 42.3 Å². The smallest absolute Gasteiger partial charge is 0.255 e. The molecule has 0 spiro atoms. The van der Waals surface area contributed by atoms with E-state index >= 15 is 0 Å². The van der Waals surface area contributed by atoms with Crippen LogP contribution >= 0.6 is 11.3 Å². The molecule has 3 rings (SSSR count). The summed E-state index contributed by atoms with van der Waals surface area (Å²) in [6.45, 7) is 0.755. The Kier molecular flexibility index (Phi) is 5.93. The standard InChI is InChI=1S/C20H20N2O2S/c1-24-13-5-8-19-22-18(14-25-19)15-9-11-17(12-10-15)21-20(23)16-6-3-2-4-7-16/h2-4,6-7,9-12,14H,5,8,13H2,1H3,(H,21,23). The van der Waals surface area contributed by atoms with Crippen molar-refractivity contribution < 1.29 is 9.53 Å². The molecule has 0 fully saturated rings. The van der Waals surface area contributed by atoms with E-state index in [2.05, 4.69) is 15.7 Å². The Morgan fingerprint density at radius 1 is 1.12 bits per heavy atom. The van der Waals surface area contributed by atoms with Gasteiger partial charge in [0.2, 0.25) is 0 Å². The van der Waals surface area contributed by atoms with Crippen molar-refractivity contribution in [3.8, 4) is 11.3 Å². The first-order valence-electron chi connectivity index (χ1n) is 8.16. The Hall–Kier alpha value is -2.50. The number of methoxy groups -OCH3 is 1. The van der Waals surface area contributed by atoms with Gasteiger partial charge < -0.3 is 10.1 Å². The lowest BCUT2D eigenvalue weighted by Gasteiger charge is -2.06. The molecule has 4 nitrogen and oxygen atoms in total. The lowest BCUT2D eigenvalue weighted by molar-refractivity contribution is 0.102. The number of aromatic nitrogens is 1. The number of nitrogens with zero attached hydrogens (tertiary/aromatic N) is 1. The van der Waals surface area contributed by atoms with Crippen LogP contribution in [-0.4, -0.2) is 24.6 Å². The molecule has 1 N–H and O–H groups in total. The number of benzene rings is 2. The van der Waals surface area contributed by atoms with Crippen molar-refractivity contribution in [1.82, 2.24) is 4.98 Å². The summed E-state index contributed by atoms with van der Waals surface area (Å²) in [6.07, 6.45) is 1.91. The fourth-order valence-corrected chi connectivity index (χ4v) is 3.29. The minimum Gasteiger partial charge on any atom is -0.385 e. The SMILES string of the molecule is COCCCc1nc(-c2ccc(NC(=O)c3ccccc3)cc2)cs1. The molecule has 2 aromatic carbocycles. The Labute approximate surface area is 151 Å². The molecule has 0 saturated heterocycles. The molecule has 1 aromatic heterocycles. The van der Waals surface area contributed by atoms with Gasteiger partial charge in [0.05, 0.1) is 10.7 Å². The highest BCUT2D eigenvalue weighted by Crippen LogP contribution is 2.24. The molecule has 0 aliphatic carbocycles. The molecule has 0 saturated carbocycles. The van der Waals surface area contributed by atoms with Crippen molar-refractivity contribution in [3.63, 3.8) is 0 Å². The fourth-order valence-electron chi connectivity index (χ4n) is 2.44. The van der Waals surface area contributed by atoms with Gasteiger partial charge in [-0.1, -0.05) is 30.3 Å². The molecule has 5 heteroatoms. The number of aryl methyl sites for hydroxylation is 1. The molecular formula is C20H20N2O2S. The van der Waals surface area contributed by atoms with Crippen LogP contribution in [-0.2, 0) is 11.2 Å². The number of carbonyl (C=O) groups excluding carboxylic acids is 1. The van der Waals surface area contributed by atoms with Gasteiger partial charge in [0.25, 0.3) is 5.91 Å². The predicted molar refractivity (Wildman–Crippen MR) is 102 cm³/mol. The molecule has 0 unspecified atom stereocenters. The summed E-state index contributed by atoms with van der Waals surface area (Å²) in [7, 11) is 1.71. The molecule has 0 aliphatic heterocycles. The van der Waals surface area contributed by atoms with Crippen molar-refractivity contribution in [3.05, 3.63) is 70.5 Å². The van der Waals surface area contributed by atoms with Crippen molar-refractivity contribution in [1.29, 1.82) is 0 Å². The highest BCUT2D eigenvalue weighted by molar-refractivity contribution is 7.09. The number of carbonyl (C=O) groups is 1. The second-order valence-electron chi connectivity index (χ2n) is 5.62. The van der Waals surface area contributed by atoms with E-state index in [1.165, 1.54) is 0 Å². The Balaban J connectivity index is 1.63. The highest BCUT2D eigenvalue weighted by Gasteiger charge is 2.07. The van der Waals surface area contributed by atoms with Gasteiger partial charge in [-0.15, -0.1) is 11.3 Å². The van der Waals surface area contributed by atoms with Crippen LogP contribution in [0.2, 0.25) is 0 Å². The van der Waals surface area contributed by atoms with Crippen molar-refractivity contribution >= 4 is 22.9 Å². The van der Waals surface area contributed by atoms with Gasteiger partial charge in [-0.25, -0.2) is 4.98 Å². The highest BCUT2D eigenvalue weighted by atomic mass is 32.1. The van der Waals surface area contributed by atoms with Gasteiger partial charge in [0.1, 0.15) is 0 Å². The van der Waals surface area contributed by atoms with Gasteiger partial charge in [-0.05, 0) is 30.7 Å². The minimum atomic E-state index is -0.109. The third-order valence-corrected chi connectivity index (χ3v) is 4.67. The van der Waals surface area contributed by atoms with Crippen LogP contribution < -0.4 is 5.32 Å². The average molecular weight is 352 g/mol. The molecule has 0 aliphatic rings. The van der Waals surface area contributed by atoms with Crippen LogP contribution in [0.5, 0.6) is 0 Å². The van der Waals surface area contributed by atoms with E-state index < -0.39 is 0 Å². The van der Waals surface area contributed by atoms with Gasteiger partial charge in [-0.2, -0.15) is 0 Å². The molecule has 1 heterocycles. The summed E-state index contributed by atoms with van der Waals surface area (Å²) in [4.78, 5) is 16.8. The lowest BCUT2D eigenvalue weighted by atomic mass is 10.1. The zero-order valence-corrected chi connectivity index (χ0v) is 14.9. The van der Waals surface area contributed by atoms with Crippen LogP contribution in [0.15, 0.2) is 60.0 Å². The first-order valence-corrected chi connectivity index (χ1v) is 9.04. The molecular weight excluding hydrogens is 332 g/mol. The summed E-state index contributed by atoms with van der Waals surface area (Å²) < 4.78 is 5.07. The minimum absolute atomic E-state index is 0.109. The molecule has 3 aromatic rings. The monoisotopic (exact) mass is 352 g/mol. The third-order valence-electron chi connectivity index (χ3n) is 3.77. The van der Waals surface area contributed by atoms with Crippen LogP contribution in [0.1, 0.15) is 21.8 Å². The van der Waals surface area contributed by atoms with Gasteiger partial charge in [0.15, 0.2) is 0 Å². The molecule has 0 radical (unpaired) electrons. The van der Waals surface area contributed by atoms with Crippen molar-refractivity contribution in [2.24, 2.45) is 0 Å². The Morgan fingerprint density at radius 3 is 2.60 bits per heavy atom. The van der Waals surface area contributed by atoms with Gasteiger partial charge >= 0.3 is 0 Å². The lowest BCUT2D eigenvalue weighted by Crippen LogP contribution is -2.11. The zero-order valence-electron chi connectivity index (χ0n) is 14.1. The van der Waals surface area contributed by atoms with E-state index in [0.717, 1.165) is 41.4 Å². The van der Waals surface area contributed by atoms with Crippen LogP contribution in [0, 0.1) is 0 Å². The second kappa shape index (κ2) is 8.55. The quantitative estimate of drug-likeness (QED) is 0.630. The number of ether oxygens (including phenoxy) is 1. The molecule has 0 bridgehead atoms. The average Bonchev–Trinajstić information content (AvgIpc) is 3.12. The molecule has 1 amide bonds. The van der Waals surface area contributed by atoms with E-state index in [0.29, 0.717) is 5.56 Å². The maximum absolute atomic E-state index is 12.2. The number of hydrogen-bond acceptors (Lipinski definition) is 4. The number of thiazole rings is 1. The zero-order chi connectivity index (χ0) is 17.5. The predicted octanol–water partition coefficient (Wildman–Crippen LogP) is 4.64. The fraction of sp³-hybridized carbons (Fsp3) is 0.200. The van der Waals surface area contributed by atoms with E-state index in [4.69, 9.17) is 4.74 Å². The second-order valence-corrected chi connectivity index (χ2v) is 6.56. The summed E-state index contributed by atoms with van der Waals surface area (Å²) >= 11 is 1.67. The summed E-state index contributed by atoms with van der Waals surface area (Å²) in [5, 5.41) is 6.09. The first-order chi connectivity index (χ1) is 12.3. The first kappa shape index (κ1) is 17.3.